The van der Waals surface area contributed by atoms with Gasteiger partial charge in [-0.25, -0.2) is 0 Å². The van der Waals surface area contributed by atoms with Crippen molar-refractivity contribution in [3.63, 3.8) is 0 Å². The monoisotopic (exact) mass is 297 g/mol. The van der Waals surface area contributed by atoms with Gasteiger partial charge in [-0.05, 0) is 55.4 Å². The molecule has 1 aromatic carbocycles. The molecule has 1 spiro atoms. The Hall–Kier alpha value is -1.52. The van der Waals surface area contributed by atoms with E-state index in [0.717, 1.165) is 56.0 Å². The van der Waals surface area contributed by atoms with E-state index in [9.17, 15) is 18.0 Å². The fourth-order valence-corrected chi connectivity index (χ4v) is 3.91. The van der Waals surface area contributed by atoms with Crippen LogP contribution < -0.4 is 0 Å². The van der Waals surface area contributed by atoms with Gasteiger partial charge < -0.3 is 4.90 Å². The van der Waals surface area contributed by atoms with Crippen LogP contribution in [0.4, 0.5) is 13.2 Å². The zero-order valence-corrected chi connectivity index (χ0v) is 11.9. The van der Waals surface area contributed by atoms with Gasteiger partial charge in [0.1, 0.15) is 0 Å². The van der Waals surface area contributed by atoms with Gasteiger partial charge in [0.05, 0.1) is 5.56 Å². The van der Waals surface area contributed by atoms with Crippen LogP contribution in [-0.2, 0) is 11.0 Å². The van der Waals surface area contributed by atoms with Crippen molar-refractivity contribution < 1.29 is 18.0 Å². The normalized spacial score (nSPS) is 24.2. The van der Waals surface area contributed by atoms with Gasteiger partial charge in [-0.15, -0.1) is 0 Å². The summed E-state index contributed by atoms with van der Waals surface area (Å²) in [6, 6.07) is 4.04. The zero-order valence-electron chi connectivity index (χ0n) is 11.9. The first-order valence-electron chi connectivity index (χ1n) is 7.20. The van der Waals surface area contributed by atoms with E-state index in [1.165, 1.54) is 6.07 Å². The van der Waals surface area contributed by atoms with Crippen LogP contribution >= 0.6 is 0 Å². The Morgan fingerprint density at radius 3 is 2.67 bits per heavy atom. The molecular formula is C16H18F3NO. The van der Waals surface area contributed by atoms with Gasteiger partial charge in [-0.2, -0.15) is 13.2 Å². The Morgan fingerprint density at radius 1 is 1.33 bits per heavy atom. The molecule has 1 saturated carbocycles. The van der Waals surface area contributed by atoms with Crippen LogP contribution in [0.2, 0.25) is 0 Å². The highest BCUT2D eigenvalue weighted by atomic mass is 19.4. The second kappa shape index (κ2) is 4.75. The SMILES string of the molecule is Cc1ccc(C(F)(F)F)cc1C1CCC2(C1)CN(C=O)C2. The minimum atomic E-state index is -4.29. The molecule has 2 nitrogen and oxygen atoms in total. The molecule has 5 heteroatoms. The number of likely N-dealkylation sites (tertiary alicyclic amines) is 1. The maximum atomic E-state index is 12.9. The molecule has 1 atom stereocenters. The molecule has 1 aliphatic carbocycles. The number of amides is 1. The summed E-state index contributed by atoms with van der Waals surface area (Å²) in [6.07, 6.45) is -0.635. The lowest BCUT2D eigenvalue weighted by Gasteiger charge is -2.46. The van der Waals surface area contributed by atoms with Crippen molar-refractivity contribution in [2.75, 3.05) is 13.1 Å². The third-order valence-electron chi connectivity index (χ3n) is 4.98. The molecule has 1 heterocycles. The second-order valence-electron chi connectivity index (χ2n) is 6.52. The van der Waals surface area contributed by atoms with Crippen LogP contribution in [-0.4, -0.2) is 24.4 Å². The molecule has 2 fully saturated rings. The quantitative estimate of drug-likeness (QED) is 0.762. The van der Waals surface area contributed by atoms with E-state index in [0.29, 0.717) is 0 Å². The van der Waals surface area contributed by atoms with Crippen molar-refractivity contribution in [1.82, 2.24) is 4.90 Å². The number of benzene rings is 1. The molecule has 1 unspecified atom stereocenters. The zero-order chi connectivity index (χ0) is 15.3. The van der Waals surface area contributed by atoms with Gasteiger partial charge in [0.15, 0.2) is 0 Å². The first-order chi connectivity index (χ1) is 9.83. The van der Waals surface area contributed by atoms with Gasteiger partial charge in [0, 0.05) is 18.5 Å². The highest BCUT2D eigenvalue weighted by Gasteiger charge is 2.48. The largest absolute Gasteiger partial charge is 0.416 e. The van der Waals surface area contributed by atoms with E-state index in [1.807, 2.05) is 6.92 Å². The number of carbonyl (C=O) groups excluding carboxylic acids is 1. The van der Waals surface area contributed by atoms with E-state index in [4.69, 9.17) is 0 Å². The Bertz CT molecular complexity index is 561. The predicted octanol–water partition coefficient (Wildman–Crippen LogP) is 3.74. The van der Waals surface area contributed by atoms with Gasteiger partial charge in [0.25, 0.3) is 0 Å². The lowest BCUT2D eigenvalue weighted by Crippen LogP contribution is -2.54. The Balaban J connectivity index is 1.80. The molecule has 0 radical (unpaired) electrons. The number of alkyl halides is 3. The first-order valence-corrected chi connectivity index (χ1v) is 7.20. The maximum Gasteiger partial charge on any atom is 0.416 e. The van der Waals surface area contributed by atoms with Gasteiger partial charge in [0.2, 0.25) is 6.41 Å². The van der Waals surface area contributed by atoms with Crippen LogP contribution in [0.1, 0.15) is 41.9 Å². The summed E-state index contributed by atoms with van der Waals surface area (Å²) < 4.78 is 38.6. The fourth-order valence-electron chi connectivity index (χ4n) is 3.91. The number of halogens is 3. The van der Waals surface area contributed by atoms with Gasteiger partial charge in [-0.3, -0.25) is 4.79 Å². The number of carbonyl (C=O) groups is 1. The number of rotatable bonds is 2. The van der Waals surface area contributed by atoms with Crippen molar-refractivity contribution in [3.05, 3.63) is 34.9 Å². The third-order valence-corrected chi connectivity index (χ3v) is 4.98. The molecule has 114 valence electrons. The topological polar surface area (TPSA) is 20.3 Å². The predicted molar refractivity (Wildman–Crippen MR) is 72.8 cm³/mol. The standard InChI is InChI=1S/C16H18F3NO/c1-11-2-3-13(16(17,18)19)6-14(11)12-4-5-15(7-12)8-20(9-15)10-21/h2-3,6,10,12H,4-5,7-9H2,1H3. The van der Waals surface area contributed by atoms with Crippen LogP contribution in [0.3, 0.4) is 0 Å². The molecule has 0 N–H and O–H groups in total. The van der Waals surface area contributed by atoms with Crippen LogP contribution in [0.5, 0.6) is 0 Å². The van der Waals surface area contributed by atoms with Crippen LogP contribution in [0.25, 0.3) is 0 Å². The summed E-state index contributed by atoms with van der Waals surface area (Å²) in [5.74, 6) is 0.182. The van der Waals surface area contributed by atoms with Gasteiger partial charge >= 0.3 is 6.18 Å². The molecule has 3 rings (SSSR count). The van der Waals surface area contributed by atoms with Crippen molar-refractivity contribution in [2.45, 2.75) is 38.3 Å². The minimum absolute atomic E-state index is 0.145. The second-order valence-corrected chi connectivity index (χ2v) is 6.52. The fraction of sp³-hybridized carbons (Fsp3) is 0.562. The summed E-state index contributed by atoms with van der Waals surface area (Å²) >= 11 is 0. The van der Waals surface area contributed by atoms with Crippen molar-refractivity contribution in [2.24, 2.45) is 5.41 Å². The molecule has 2 aliphatic rings. The van der Waals surface area contributed by atoms with E-state index in [2.05, 4.69) is 0 Å². The summed E-state index contributed by atoms with van der Waals surface area (Å²) in [7, 11) is 0. The maximum absolute atomic E-state index is 12.9. The molecule has 1 aliphatic heterocycles. The van der Waals surface area contributed by atoms with Crippen molar-refractivity contribution >= 4 is 6.41 Å². The highest BCUT2D eigenvalue weighted by Crippen LogP contribution is 2.52. The number of aryl methyl sites for hydroxylation is 1. The highest BCUT2D eigenvalue weighted by molar-refractivity contribution is 5.49. The molecule has 1 aromatic rings. The van der Waals surface area contributed by atoms with Crippen LogP contribution in [0.15, 0.2) is 18.2 Å². The van der Waals surface area contributed by atoms with Crippen molar-refractivity contribution in [1.29, 1.82) is 0 Å². The van der Waals surface area contributed by atoms with E-state index < -0.39 is 11.7 Å². The summed E-state index contributed by atoms with van der Waals surface area (Å²) in [5, 5.41) is 0. The number of hydrogen-bond donors (Lipinski definition) is 0. The molecule has 1 amide bonds. The minimum Gasteiger partial charge on any atom is -0.344 e. The smallest absolute Gasteiger partial charge is 0.344 e. The summed E-state index contributed by atoms with van der Waals surface area (Å²) in [4.78, 5) is 12.4. The molecule has 21 heavy (non-hydrogen) atoms. The van der Waals surface area contributed by atoms with E-state index in [1.54, 1.807) is 11.0 Å². The summed E-state index contributed by atoms with van der Waals surface area (Å²) in [6.45, 7) is 3.38. The molecule has 0 aromatic heterocycles. The number of hydrogen-bond acceptors (Lipinski definition) is 1. The van der Waals surface area contributed by atoms with E-state index in [-0.39, 0.29) is 11.3 Å². The Kier molecular flexibility index (Phi) is 3.26. The third kappa shape index (κ3) is 2.54. The van der Waals surface area contributed by atoms with Gasteiger partial charge in [-0.1, -0.05) is 6.07 Å². The summed E-state index contributed by atoms with van der Waals surface area (Å²) in [5.41, 5.74) is 1.33. The van der Waals surface area contributed by atoms with E-state index >= 15 is 0 Å². The lowest BCUT2D eigenvalue weighted by molar-refractivity contribution is -0.137. The van der Waals surface area contributed by atoms with Crippen molar-refractivity contribution in [3.8, 4) is 0 Å². The molecule has 0 bridgehead atoms. The average Bonchev–Trinajstić information content (AvgIpc) is 2.81. The Labute approximate surface area is 121 Å². The van der Waals surface area contributed by atoms with Crippen LogP contribution in [0, 0.1) is 12.3 Å². The first kappa shape index (κ1) is 14.4. The lowest BCUT2D eigenvalue weighted by atomic mass is 9.77. The Morgan fingerprint density at radius 2 is 2.05 bits per heavy atom. The number of nitrogens with zero attached hydrogens (tertiary/aromatic N) is 1. The molecular weight excluding hydrogens is 279 g/mol. The molecule has 1 saturated heterocycles. The average molecular weight is 297 g/mol.